The van der Waals surface area contributed by atoms with E-state index < -0.39 is 23.8 Å². The van der Waals surface area contributed by atoms with Crippen molar-refractivity contribution in [1.82, 2.24) is 15.2 Å². The molecule has 162 valence electrons. The zero-order chi connectivity index (χ0) is 21.9. The van der Waals surface area contributed by atoms with Gasteiger partial charge >= 0.3 is 6.09 Å². The third-order valence-electron chi connectivity index (χ3n) is 5.90. The molecule has 2 heterocycles. The number of H-pyrrole nitrogens is 1. The average Bonchev–Trinajstić information content (AvgIpc) is 3.29. The molecule has 2 aliphatic rings. The monoisotopic (exact) mass is 414 g/mol. The van der Waals surface area contributed by atoms with Crippen LogP contribution in [-0.2, 0) is 16.0 Å². The Bertz CT molecular complexity index is 889. The maximum atomic E-state index is 13.1. The quantitative estimate of drug-likeness (QED) is 0.785. The molecule has 1 saturated heterocycles. The Morgan fingerprint density at radius 2 is 2.10 bits per heavy atom. The van der Waals surface area contributed by atoms with Crippen molar-refractivity contribution in [2.45, 2.75) is 77.0 Å². The predicted molar refractivity (Wildman–Crippen MR) is 111 cm³/mol. The van der Waals surface area contributed by atoms with Gasteiger partial charge in [-0.15, -0.1) is 0 Å². The molecule has 0 bridgehead atoms. The van der Waals surface area contributed by atoms with Crippen molar-refractivity contribution in [1.29, 1.82) is 5.26 Å². The Morgan fingerprint density at radius 1 is 1.40 bits per heavy atom. The molecular formula is C22H30N4O4. The first-order valence-electron chi connectivity index (χ1n) is 10.5. The Hall–Kier alpha value is -2.82. The van der Waals surface area contributed by atoms with Crippen LogP contribution < -0.4 is 10.9 Å². The van der Waals surface area contributed by atoms with Crippen molar-refractivity contribution in [2.24, 2.45) is 5.41 Å². The minimum Gasteiger partial charge on any atom is -0.444 e. The van der Waals surface area contributed by atoms with Gasteiger partial charge in [-0.25, -0.2) is 4.79 Å². The number of amides is 2. The van der Waals surface area contributed by atoms with Crippen LogP contribution in [-0.4, -0.2) is 46.1 Å². The smallest absolute Gasteiger partial charge is 0.410 e. The van der Waals surface area contributed by atoms with Crippen LogP contribution in [0.3, 0.4) is 0 Å². The van der Waals surface area contributed by atoms with E-state index in [9.17, 15) is 19.6 Å². The summed E-state index contributed by atoms with van der Waals surface area (Å²) in [6, 6.07) is 3.83. The van der Waals surface area contributed by atoms with E-state index in [-0.39, 0.29) is 23.3 Å². The molecule has 3 rings (SSSR count). The second kappa shape index (κ2) is 8.50. The van der Waals surface area contributed by atoms with Gasteiger partial charge in [-0.2, -0.15) is 5.26 Å². The summed E-state index contributed by atoms with van der Waals surface area (Å²) in [5.74, 6) is -0.372. The molecule has 1 spiro atoms. The molecule has 2 unspecified atom stereocenters. The van der Waals surface area contributed by atoms with Crippen molar-refractivity contribution >= 4 is 12.0 Å². The molecule has 1 aromatic rings. The van der Waals surface area contributed by atoms with Crippen LogP contribution >= 0.6 is 0 Å². The van der Waals surface area contributed by atoms with Crippen LogP contribution in [0, 0.1) is 16.7 Å². The van der Waals surface area contributed by atoms with E-state index in [2.05, 4.69) is 16.4 Å². The van der Waals surface area contributed by atoms with Crippen molar-refractivity contribution < 1.29 is 14.3 Å². The molecule has 8 heteroatoms. The average molecular weight is 415 g/mol. The van der Waals surface area contributed by atoms with Crippen LogP contribution in [0.25, 0.3) is 0 Å². The zero-order valence-electron chi connectivity index (χ0n) is 17.9. The van der Waals surface area contributed by atoms with Gasteiger partial charge in [0.1, 0.15) is 17.7 Å². The molecule has 2 atom stereocenters. The lowest BCUT2D eigenvalue weighted by Gasteiger charge is -2.29. The number of nitrogens with zero attached hydrogens (tertiary/aromatic N) is 2. The fraction of sp³-hybridized carbons (Fsp3) is 0.636. The number of hydrogen-bond donors (Lipinski definition) is 2. The summed E-state index contributed by atoms with van der Waals surface area (Å²) in [4.78, 5) is 41.9. The van der Waals surface area contributed by atoms with Crippen molar-refractivity contribution in [2.75, 3.05) is 6.54 Å². The summed E-state index contributed by atoms with van der Waals surface area (Å²) in [6.45, 7) is 5.88. The molecule has 1 saturated carbocycles. The molecule has 1 aromatic heterocycles. The summed E-state index contributed by atoms with van der Waals surface area (Å²) in [7, 11) is 0. The SMILES string of the molecule is CC(C)(C)OC(=O)N1CC2(CCCC2)CC1C(=O)NC(C#N)Cc1ccc[nH]c1=O. The van der Waals surface area contributed by atoms with E-state index in [1.165, 1.54) is 11.1 Å². The summed E-state index contributed by atoms with van der Waals surface area (Å²) in [5.41, 5.74) is -0.579. The third-order valence-corrected chi connectivity index (χ3v) is 5.90. The number of aromatic nitrogens is 1. The minimum absolute atomic E-state index is 0.0579. The standard InChI is InChI=1S/C22H30N4O4/c1-21(2,3)30-20(29)26-14-22(8-4-5-9-22)12-17(26)19(28)25-16(13-23)11-15-7-6-10-24-18(15)27/h6-7,10,16-17H,4-5,8-9,11-12,14H2,1-3H3,(H,24,27)(H,25,28). The largest absolute Gasteiger partial charge is 0.444 e. The summed E-state index contributed by atoms with van der Waals surface area (Å²) in [6.07, 6.45) is 5.84. The first kappa shape index (κ1) is 21.9. The maximum absolute atomic E-state index is 13.1. The van der Waals surface area contributed by atoms with E-state index in [4.69, 9.17) is 4.74 Å². The number of carbonyl (C=O) groups is 2. The topological polar surface area (TPSA) is 115 Å². The molecule has 8 nitrogen and oxygen atoms in total. The highest BCUT2D eigenvalue weighted by Crippen LogP contribution is 2.48. The van der Waals surface area contributed by atoms with Gasteiger partial charge in [0, 0.05) is 24.7 Å². The summed E-state index contributed by atoms with van der Waals surface area (Å²) < 4.78 is 5.54. The van der Waals surface area contributed by atoms with E-state index in [0.717, 1.165) is 25.7 Å². The molecule has 2 N–H and O–H groups in total. The molecule has 2 amide bonds. The van der Waals surface area contributed by atoms with Gasteiger partial charge in [0.25, 0.3) is 5.56 Å². The van der Waals surface area contributed by atoms with E-state index in [1.54, 1.807) is 32.9 Å². The summed E-state index contributed by atoms with van der Waals surface area (Å²) in [5, 5.41) is 12.3. The Kier molecular flexibility index (Phi) is 6.20. The minimum atomic E-state index is -0.860. The molecule has 2 fully saturated rings. The van der Waals surface area contributed by atoms with Gasteiger partial charge in [-0.1, -0.05) is 18.9 Å². The number of nitrogens with one attached hydrogen (secondary N) is 2. The Labute approximate surface area is 176 Å². The van der Waals surface area contributed by atoms with Gasteiger partial charge in [-0.05, 0) is 51.5 Å². The second-order valence-electron chi connectivity index (χ2n) is 9.45. The highest BCUT2D eigenvalue weighted by Gasteiger charge is 2.50. The Balaban J connectivity index is 1.75. The number of ether oxygens (including phenoxy) is 1. The molecule has 0 aromatic carbocycles. The normalized spacial score (nSPS) is 21.3. The fourth-order valence-corrected chi connectivity index (χ4v) is 4.52. The van der Waals surface area contributed by atoms with Crippen molar-refractivity contribution in [3.63, 3.8) is 0 Å². The van der Waals surface area contributed by atoms with Crippen LogP contribution in [0.5, 0.6) is 0 Å². The molecule has 1 aliphatic carbocycles. The molecule has 30 heavy (non-hydrogen) atoms. The lowest BCUT2D eigenvalue weighted by atomic mass is 9.84. The van der Waals surface area contributed by atoms with Crippen molar-refractivity contribution in [3.8, 4) is 6.07 Å². The van der Waals surface area contributed by atoms with E-state index in [0.29, 0.717) is 18.5 Å². The van der Waals surface area contributed by atoms with E-state index in [1.807, 2.05) is 0 Å². The lowest BCUT2D eigenvalue weighted by molar-refractivity contribution is -0.125. The second-order valence-corrected chi connectivity index (χ2v) is 9.45. The van der Waals surface area contributed by atoms with Crippen LogP contribution in [0.1, 0.15) is 58.4 Å². The highest BCUT2D eigenvalue weighted by molar-refractivity contribution is 5.87. The number of aromatic amines is 1. The summed E-state index contributed by atoms with van der Waals surface area (Å²) >= 11 is 0. The predicted octanol–water partition coefficient (Wildman–Crippen LogP) is 2.50. The van der Waals surface area contributed by atoms with Gasteiger partial charge in [0.05, 0.1) is 6.07 Å². The number of carbonyl (C=O) groups excluding carboxylic acids is 2. The van der Waals surface area contributed by atoms with E-state index >= 15 is 0 Å². The highest BCUT2D eigenvalue weighted by atomic mass is 16.6. The number of likely N-dealkylation sites (tertiary alicyclic amines) is 1. The Morgan fingerprint density at radius 3 is 2.70 bits per heavy atom. The maximum Gasteiger partial charge on any atom is 0.410 e. The van der Waals surface area contributed by atoms with Crippen LogP contribution in [0.4, 0.5) is 4.79 Å². The molecule has 1 aliphatic heterocycles. The van der Waals surface area contributed by atoms with Gasteiger partial charge in [-0.3, -0.25) is 14.5 Å². The number of nitriles is 1. The molecule has 0 radical (unpaired) electrons. The molecular weight excluding hydrogens is 384 g/mol. The fourth-order valence-electron chi connectivity index (χ4n) is 4.52. The first-order chi connectivity index (χ1) is 14.1. The van der Waals surface area contributed by atoms with Gasteiger partial charge < -0.3 is 15.0 Å². The van der Waals surface area contributed by atoms with Crippen LogP contribution in [0.2, 0.25) is 0 Å². The van der Waals surface area contributed by atoms with Crippen LogP contribution in [0.15, 0.2) is 23.1 Å². The van der Waals surface area contributed by atoms with Gasteiger partial charge in [0.15, 0.2) is 0 Å². The number of pyridine rings is 1. The van der Waals surface area contributed by atoms with Gasteiger partial charge in [0.2, 0.25) is 5.91 Å². The number of hydrogen-bond acceptors (Lipinski definition) is 5. The first-order valence-corrected chi connectivity index (χ1v) is 10.5. The lowest BCUT2D eigenvalue weighted by Crippen LogP contribution is -2.50. The zero-order valence-corrected chi connectivity index (χ0v) is 17.9. The van der Waals surface area contributed by atoms with Crippen molar-refractivity contribution in [3.05, 3.63) is 34.2 Å². The number of rotatable bonds is 4. The third kappa shape index (κ3) is 5.02.